The maximum absolute atomic E-state index is 12.2. The lowest BCUT2D eigenvalue weighted by molar-refractivity contribution is -0.122. The summed E-state index contributed by atoms with van der Waals surface area (Å²) in [6.45, 7) is 2.92. The Morgan fingerprint density at radius 1 is 1.65 bits per heavy atom. The van der Waals surface area contributed by atoms with Gasteiger partial charge in [0.25, 0.3) is 0 Å². The van der Waals surface area contributed by atoms with Crippen LogP contribution in [-0.2, 0) is 4.79 Å². The first-order chi connectivity index (χ1) is 9.52. The Balaban J connectivity index is 2.26. The van der Waals surface area contributed by atoms with Crippen molar-refractivity contribution >= 4 is 39.1 Å². The van der Waals surface area contributed by atoms with E-state index in [2.05, 4.69) is 28.2 Å². The van der Waals surface area contributed by atoms with E-state index in [0.29, 0.717) is 10.9 Å². The number of amides is 1. The summed E-state index contributed by atoms with van der Waals surface area (Å²) in [5.74, 6) is 0.287. The van der Waals surface area contributed by atoms with Crippen molar-refractivity contribution in [3.63, 3.8) is 0 Å². The van der Waals surface area contributed by atoms with Gasteiger partial charge in [-0.3, -0.25) is 4.79 Å². The molecule has 1 amide bonds. The third-order valence-corrected chi connectivity index (χ3v) is 4.19. The number of carbonyl (C=O) groups excluding carboxylic acids is 1. The number of halogens is 2. The molecule has 20 heavy (non-hydrogen) atoms. The summed E-state index contributed by atoms with van der Waals surface area (Å²) in [7, 11) is 0. The van der Waals surface area contributed by atoms with E-state index >= 15 is 0 Å². The maximum atomic E-state index is 12.2. The minimum Gasteiger partial charge on any atom is -0.358 e. The van der Waals surface area contributed by atoms with Crippen LogP contribution in [-0.4, -0.2) is 25.0 Å². The lowest BCUT2D eigenvalue weighted by Gasteiger charge is -2.26. The Morgan fingerprint density at radius 3 is 3.10 bits per heavy atom. The number of hydrogen-bond acceptors (Lipinski definition) is 3. The number of nitrogens with one attached hydrogen (secondary N) is 1. The molecule has 6 heteroatoms. The molecule has 1 aliphatic heterocycles. The van der Waals surface area contributed by atoms with Crippen LogP contribution in [0.15, 0.2) is 22.7 Å². The Bertz CT molecular complexity index is 558. The largest absolute Gasteiger partial charge is 0.358 e. The molecule has 0 aliphatic carbocycles. The molecule has 106 valence electrons. The molecular formula is C14H15BrClN3O. The number of hydrogen-bond donors (Lipinski definition) is 1. The Hall–Kier alpha value is -1.25. The van der Waals surface area contributed by atoms with E-state index in [1.54, 1.807) is 0 Å². The molecule has 0 saturated carbocycles. The molecule has 0 aromatic heterocycles. The maximum Gasteiger partial charge on any atom is 0.243 e. The predicted molar refractivity (Wildman–Crippen MR) is 82.7 cm³/mol. The summed E-state index contributed by atoms with van der Waals surface area (Å²) in [5.41, 5.74) is 0.850. The normalized spacial score (nSPS) is 21.6. The van der Waals surface area contributed by atoms with Gasteiger partial charge in [0, 0.05) is 11.0 Å². The average molecular weight is 357 g/mol. The lowest BCUT2D eigenvalue weighted by Crippen LogP contribution is -2.43. The first-order valence-corrected chi connectivity index (χ1v) is 7.56. The van der Waals surface area contributed by atoms with Crippen LogP contribution in [0.3, 0.4) is 0 Å². The van der Waals surface area contributed by atoms with Crippen LogP contribution >= 0.6 is 27.5 Å². The highest BCUT2D eigenvalue weighted by atomic mass is 79.9. The topological polar surface area (TPSA) is 56.1 Å². The van der Waals surface area contributed by atoms with Crippen LogP contribution in [0.1, 0.15) is 13.3 Å². The van der Waals surface area contributed by atoms with Crippen LogP contribution in [0, 0.1) is 17.2 Å². The highest BCUT2D eigenvalue weighted by molar-refractivity contribution is 9.10. The van der Waals surface area contributed by atoms with Crippen molar-refractivity contribution in [1.29, 1.82) is 5.26 Å². The van der Waals surface area contributed by atoms with Gasteiger partial charge in [0.2, 0.25) is 5.91 Å². The van der Waals surface area contributed by atoms with Gasteiger partial charge in [0.1, 0.15) is 12.6 Å². The number of nitrogens with zero attached hydrogens (tertiary/aromatic N) is 2. The molecule has 2 atom stereocenters. The molecule has 0 unspecified atom stereocenters. The molecule has 2 rings (SSSR count). The van der Waals surface area contributed by atoms with Crippen molar-refractivity contribution < 1.29 is 4.79 Å². The molecule has 1 N–H and O–H groups in total. The van der Waals surface area contributed by atoms with Crippen LogP contribution in [0.25, 0.3) is 0 Å². The predicted octanol–water partition coefficient (Wildman–Crippen LogP) is 2.96. The molecule has 1 aliphatic rings. The zero-order valence-corrected chi connectivity index (χ0v) is 13.4. The van der Waals surface area contributed by atoms with Crippen LogP contribution < -0.4 is 10.2 Å². The summed E-state index contributed by atoms with van der Waals surface area (Å²) in [6, 6.07) is 7.26. The van der Waals surface area contributed by atoms with Crippen LogP contribution in [0.2, 0.25) is 5.02 Å². The van der Waals surface area contributed by atoms with Crippen LogP contribution in [0.4, 0.5) is 5.69 Å². The van der Waals surface area contributed by atoms with Crippen molar-refractivity contribution in [1.82, 2.24) is 5.32 Å². The SMILES string of the molecule is C[C@H]1C[C@@H](C(=O)NCC#N)N(c2cc(Br)ccc2Cl)C1. The third-order valence-electron chi connectivity index (χ3n) is 3.37. The smallest absolute Gasteiger partial charge is 0.243 e. The average Bonchev–Trinajstić information content (AvgIpc) is 2.80. The van der Waals surface area contributed by atoms with Gasteiger partial charge in [-0.05, 0) is 30.5 Å². The molecule has 1 aromatic rings. The zero-order chi connectivity index (χ0) is 14.7. The number of carbonyl (C=O) groups is 1. The van der Waals surface area contributed by atoms with Crippen LogP contribution in [0.5, 0.6) is 0 Å². The number of nitriles is 1. The molecule has 1 saturated heterocycles. The summed E-state index contributed by atoms with van der Waals surface area (Å²) in [4.78, 5) is 14.2. The quantitative estimate of drug-likeness (QED) is 0.847. The van der Waals surface area contributed by atoms with Crippen molar-refractivity contribution in [3.05, 3.63) is 27.7 Å². The molecular weight excluding hydrogens is 342 g/mol. The van der Waals surface area contributed by atoms with Gasteiger partial charge in [0.05, 0.1) is 16.8 Å². The van der Waals surface area contributed by atoms with E-state index in [-0.39, 0.29) is 18.5 Å². The van der Waals surface area contributed by atoms with Gasteiger partial charge >= 0.3 is 0 Å². The minimum absolute atomic E-state index is 0.0315. The standard InChI is InChI=1S/C14H15BrClN3O/c1-9-6-13(14(20)18-5-4-17)19(8-9)12-7-10(15)2-3-11(12)16/h2-3,7,9,13H,5-6,8H2,1H3,(H,18,20)/t9-,13-/m0/s1. The fraction of sp³-hybridized carbons (Fsp3) is 0.429. The Labute approximate surface area is 131 Å². The Morgan fingerprint density at radius 2 is 2.40 bits per heavy atom. The molecule has 0 spiro atoms. The highest BCUT2D eigenvalue weighted by Crippen LogP contribution is 2.35. The summed E-state index contributed by atoms with van der Waals surface area (Å²) >= 11 is 9.68. The third kappa shape index (κ3) is 3.25. The van der Waals surface area contributed by atoms with E-state index in [0.717, 1.165) is 23.1 Å². The Kier molecular flexibility index (Phi) is 4.90. The van der Waals surface area contributed by atoms with E-state index in [1.807, 2.05) is 29.2 Å². The van der Waals surface area contributed by atoms with Crippen molar-refractivity contribution in [2.75, 3.05) is 18.0 Å². The summed E-state index contributed by atoms with van der Waals surface area (Å²) < 4.78 is 0.924. The fourth-order valence-corrected chi connectivity index (χ4v) is 3.09. The van der Waals surface area contributed by atoms with E-state index in [1.165, 1.54) is 0 Å². The molecule has 1 aromatic carbocycles. The second kappa shape index (κ2) is 6.47. The van der Waals surface area contributed by atoms with E-state index < -0.39 is 0 Å². The van der Waals surface area contributed by atoms with Gasteiger partial charge in [-0.2, -0.15) is 5.26 Å². The zero-order valence-electron chi connectivity index (χ0n) is 11.1. The van der Waals surface area contributed by atoms with Gasteiger partial charge < -0.3 is 10.2 Å². The van der Waals surface area contributed by atoms with Gasteiger partial charge in [-0.15, -0.1) is 0 Å². The fourth-order valence-electron chi connectivity index (χ4n) is 2.51. The van der Waals surface area contributed by atoms with Crippen molar-refractivity contribution in [2.45, 2.75) is 19.4 Å². The molecule has 4 nitrogen and oxygen atoms in total. The molecule has 0 radical (unpaired) electrons. The molecule has 1 fully saturated rings. The first kappa shape index (κ1) is 15.1. The second-order valence-electron chi connectivity index (χ2n) is 4.98. The molecule has 1 heterocycles. The number of anilines is 1. The number of rotatable bonds is 3. The van der Waals surface area contributed by atoms with Crippen molar-refractivity contribution in [2.24, 2.45) is 5.92 Å². The van der Waals surface area contributed by atoms with Gasteiger partial charge in [-0.1, -0.05) is 34.5 Å². The monoisotopic (exact) mass is 355 g/mol. The van der Waals surface area contributed by atoms with E-state index in [9.17, 15) is 4.79 Å². The minimum atomic E-state index is -0.273. The van der Waals surface area contributed by atoms with E-state index in [4.69, 9.17) is 16.9 Å². The number of benzene rings is 1. The van der Waals surface area contributed by atoms with Gasteiger partial charge in [0.15, 0.2) is 0 Å². The van der Waals surface area contributed by atoms with Gasteiger partial charge in [-0.25, -0.2) is 0 Å². The second-order valence-corrected chi connectivity index (χ2v) is 6.30. The lowest BCUT2D eigenvalue weighted by atomic mass is 10.1. The highest BCUT2D eigenvalue weighted by Gasteiger charge is 2.35. The van der Waals surface area contributed by atoms with Crippen molar-refractivity contribution in [3.8, 4) is 6.07 Å². The molecule has 0 bridgehead atoms. The first-order valence-electron chi connectivity index (χ1n) is 6.39. The summed E-state index contributed by atoms with van der Waals surface area (Å²) in [5, 5.41) is 11.8. The summed E-state index contributed by atoms with van der Waals surface area (Å²) in [6.07, 6.45) is 0.764.